The topological polar surface area (TPSA) is 54.0 Å². The van der Waals surface area contributed by atoms with Crippen LogP contribution in [-0.2, 0) is 4.79 Å². The normalized spacial score (nSPS) is 12.5. The molecule has 0 bridgehead atoms. The van der Waals surface area contributed by atoms with E-state index in [2.05, 4.69) is 18.9 Å². The van der Waals surface area contributed by atoms with Gasteiger partial charge in [0.1, 0.15) is 5.75 Å². The van der Waals surface area contributed by atoms with Crippen molar-refractivity contribution in [2.24, 2.45) is 0 Å². The summed E-state index contributed by atoms with van der Waals surface area (Å²) < 4.78 is 123. The summed E-state index contributed by atoms with van der Waals surface area (Å²) in [6.07, 6.45) is -16.5. The van der Waals surface area contributed by atoms with Gasteiger partial charge in [-0.15, -0.1) is 39.5 Å². The summed E-state index contributed by atoms with van der Waals surface area (Å²) in [6, 6.07) is -0.188. The molecule has 14 heteroatoms. The monoisotopic (exact) mass is 374 g/mol. The Morgan fingerprint density at radius 1 is 0.708 bits per heavy atom. The molecule has 0 aliphatic rings. The number of rotatable bonds is 5. The Kier molecular flexibility index (Phi) is 5.30. The lowest BCUT2D eigenvalue weighted by atomic mass is 10.2. The molecule has 1 aromatic rings. The van der Waals surface area contributed by atoms with Crippen LogP contribution >= 0.6 is 0 Å². The largest absolute Gasteiger partial charge is 0.573 e. The molecular formula is C10H3F9O5. The first-order chi connectivity index (χ1) is 10.7. The second-order valence-corrected chi connectivity index (χ2v) is 3.61. The fourth-order valence-corrected chi connectivity index (χ4v) is 1.31. The molecule has 24 heavy (non-hydrogen) atoms. The van der Waals surface area contributed by atoms with Gasteiger partial charge in [0, 0.05) is 12.1 Å². The van der Waals surface area contributed by atoms with Crippen LogP contribution < -0.4 is 18.9 Å². The molecule has 0 spiro atoms. The molecular weight excluding hydrogens is 371 g/mol. The van der Waals surface area contributed by atoms with E-state index >= 15 is 0 Å². The van der Waals surface area contributed by atoms with Crippen molar-refractivity contribution in [1.82, 2.24) is 0 Å². The lowest BCUT2D eigenvalue weighted by Crippen LogP contribution is -2.21. The number of ether oxygens (including phenoxy) is 4. The van der Waals surface area contributed by atoms with Crippen LogP contribution in [0.3, 0.4) is 0 Å². The zero-order chi connectivity index (χ0) is 18.8. The third kappa shape index (κ3) is 6.70. The Balaban J connectivity index is 3.47. The van der Waals surface area contributed by atoms with Crippen molar-refractivity contribution in [2.75, 3.05) is 0 Å². The first-order valence-corrected chi connectivity index (χ1v) is 5.26. The highest BCUT2D eigenvalue weighted by molar-refractivity contribution is 5.61. The second kappa shape index (κ2) is 6.52. The van der Waals surface area contributed by atoms with Gasteiger partial charge in [-0.05, 0) is 0 Å². The number of hydrogen-bond acceptors (Lipinski definition) is 5. The molecule has 0 N–H and O–H groups in total. The fraction of sp³-hybridized carbons (Fsp3) is 0.300. The van der Waals surface area contributed by atoms with Gasteiger partial charge in [0.2, 0.25) is 5.75 Å². The van der Waals surface area contributed by atoms with Crippen LogP contribution in [0.15, 0.2) is 12.1 Å². The molecule has 1 aromatic carbocycles. The van der Waals surface area contributed by atoms with Gasteiger partial charge in [0.05, 0.1) is 0 Å². The van der Waals surface area contributed by atoms with Gasteiger partial charge in [0.15, 0.2) is 11.5 Å². The van der Waals surface area contributed by atoms with Crippen molar-refractivity contribution >= 4 is 6.47 Å². The summed E-state index contributed by atoms with van der Waals surface area (Å²) in [5.41, 5.74) is 0. The zero-order valence-corrected chi connectivity index (χ0v) is 10.7. The molecule has 5 nitrogen and oxygen atoms in total. The summed E-state index contributed by atoms with van der Waals surface area (Å²) >= 11 is 0. The molecule has 0 aliphatic carbocycles. The highest BCUT2D eigenvalue weighted by Crippen LogP contribution is 2.45. The van der Waals surface area contributed by atoms with Crippen molar-refractivity contribution in [2.45, 2.75) is 19.1 Å². The molecule has 0 atom stereocenters. The highest BCUT2D eigenvalue weighted by Gasteiger charge is 2.39. The Morgan fingerprint density at radius 2 is 1.08 bits per heavy atom. The van der Waals surface area contributed by atoms with Crippen LogP contribution in [0.1, 0.15) is 0 Å². The summed E-state index contributed by atoms with van der Waals surface area (Å²) in [7, 11) is 0. The van der Waals surface area contributed by atoms with Crippen LogP contribution in [0.4, 0.5) is 39.5 Å². The molecule has 0 heterocycles. The summed E-state index contributed by atoms with van der Waals surface area (Å²) in [5, 5.41) is 0. The van der Waals surface area contributed by atoms with Gasteiger partial charge in [-0.1, -0.05) is 0 Å². The van der Waals surface area contributed by atoms with E-state index in [1.165, 1.54) is 0 Å². The van der Waals surface area contributed by atoms with Crippen LogP contribution in [0, 0.1) is 0 Å². The van der Waals surface area contributed by atoms with E-state index in [9.17, 15) is 44.3 Å². The van der Waals surface area contributed by atoms with Crippen molar-refractivity contribution in [3.8, 4) is 23.0 Å². The molecule has 136 valence electrons. The van der Waals surface area contributed by atoms with Crippen LogP contribution in [-0.4, -0.2) is 25.6 Å². The quantitative estimate of drug-likeness (QED) is 0.578. The second-order valence-electron chi connectivity index (χ2n) is 3.61. The standard InChI is InChI=1S/C10H3F9O5/c11-8(12,13)22-4-1-5(23-9(14,15)16)7(21-3-20)6(2-4)24-10(17,18)19/h1-3H. The summed E-state index contributed by atoms with van der Waals surface area (Å²) in [4.78, 5) is 10.2. The molecule has 0 saturated carbocycles. The number of halogens is 9. The van der Waals surface area contributed by atoms with Gasteiger partial charge >= 0.3 is 19.1 Å². The predicted octanol–water partition coefficient (Wildman–Crippen LogP) is 3.92. The first kappa shape index (κ1) is 19.5. The minimum absolute atomic E-state index is 0.0942. The third-order valence-corrected chi connectivity index (χ3v) is 1.85. The molecule has 1 rings (SSSR count). The zero-order valence-electron chi connectivity index (χ0n) is 10.7. The fourth-order valence-electron chi connectivity index (χ4n) is 1.31. The minimum atomic E-state index is -5.53. The molecule has 0 amide bonds. The van der Waals surface area contributed by atoms with Crippen molar-refractivity contribution in [1.29, 1.82) is 0 Å². The van der Waals surface area contributed by atoms with Gasteiger partial charge in [-0.2, -0.15) is 0 Å². The lowest BCUT2D eigenvalue weighted by molar-refractivity contribution is -0.279. The average Bonchev–Trinajstić information content (AvgIpc) is 2.27. The van der Waals surface area contributed by atoms with E-state index in [1.807, 2.05) is 0 Å². The highest BCUT2D eigenvalue weighted by atomic mass is 19.4. The number of carbonyl (C=O) groups is 1. The van der Waals surface area contributed by atoms with E-state index in [0.29, 0.717) is 0 Å². The van der Waals surface area contributed by atoms with Crippen molar-refractivity contribution in [3.05, 3.63) is 12.1 Å². The van der Waals surface area contributed by atoms with E-state index < -0.39 is 48.6 Å². The van der Waals surface area contributed by atoms with Crippen LogP contribution in [0.5, 0.6) is 23.0 Å². The maximum atomic E-state index is 12.2. The molecule has 0 aromatic heterocycles. The third-order valence-electron chi connectivity index (χ3n) is 1.85. The predicted molar refractivity (Wildman–Crippen MR) is 53.2 cm³/mol. The van der Waals surface area contributed by atoms with E-state index in [1.54, 1.807) is 0 Å². The average molecular weight is 374 g/mol. The van der Waals surface area contributed by atoms with Gasteiger partial charge in [-0.3, -0.25) is 4.79 Å². The van der Waals surface area contributed by atoms with Gasteiger partial charge in [-0.25, -0.2) is 0 Å². The summed E-state index contributed by atoms with van der Waals surface area (Å²) in [6.45, 7) is -0.591. The Labute approximate surface area is 125 Å². The van der Waals surface area contributed by atoms with E-state index in [4.69, 9.17) is 0 Å². The van der Waals surface area contributed by atoms with Crippen molar-refractivity contribution in [3.63, 3.8) is 0 Å². The smallest absolute Gasteiger partial charge is 0.421 e. The Bertz CT molecular complexity index is 553. The lowest BCUT2D eigenvalue weighted by Gasteiger charge is -2.18. The van der Waals surface area contributed by atoms with Crippen molar-refractivity contribution < 1.29 is 63.3 Å². The molecule has 0 radical (unpaired) electrons. The SMILES string of the molecule is O=COc1c(OC(F)(F)F)cc(OC(F)(F)F)cc1OC(F)(F)F. The minimum Gasteiger partial charge on any atom is -0.421 e. The molecule has 0 saturated heterocycles. The number of benzene rings is 1. The van der Waals surface area contributed by atoms with Gasteiger partial charge in [0.25, 0.3) is 6.47 Å². The van der Waals surface area contributed by atoms with Crippen LogP contribution in [0.25, 0.3) is 0 Å². The van der Waals surface area contributed by atoms with E-state index in [0.717, 1.165) is 0 Å². The number of carbonyl (C=O) groups excluding carboxylic acids is 1. The molecule has 0 unspecified atom stereocenters. The van der Waals surface area contributed by atoms with Crippen LogP contribution in [0.2, 0.25) is 0 Å². The first-order valence-electron chi connectivity index (χ1n) is 5.26. The maximum Gasteiger partial charge on any atom is 0.573 e. The molecule has 0 aliphatic heterocycles. The number of hydrogen-bond donors (Lipinski definition) is 0. The molecule has 0 fully saturated rings. The maximum absolute atomic E-state index is 12.2. The Morgan fingerprint density at radius 3 is 1.38 bits per heavy atom. The number of alkyl halides is 9. The van der Waals surface area contributed by atoms with Gasteiger partial charge < -0.3 is 18.9 Å². The summed E-state index contributed by atoms with van der Waals surface area (Å²) in [5.74, 6) is -6.56. The Hall–Kier alpha value is -2.54. The van der Waals surface area contributed by atoms with E-state index in [-0.39, 0.29) is 12.1 Å².